The van der Waals surface area contributed by atoms with Gasteiger partial charge in [0.2, 0.25) is 0 Å². The number of hydrogen-bond acceptors (Lipinski definition) is 7. The standard InChI is InChI=1S/C25H32N4O5S/c1-25(24(31)26-32,35(5,33)34)13-15-29-14-12-21-16-20(10-11-22(21)23(29)30)19-8-6-18(7-9-19)17-28(4)27(2)3/h6-12,14,16,32H,13,15,17H2,1-5H3,(H,26,31)/t25-/m0/s1. The first-order valence-electron chi connectivity index (χ1n) is 11.1. The van der Waals surface area contributed by atoms with Crippen molar-refractivity contribution in [2.75, 3.05) is 27.4 Å². The van der Waals surface area contributed by atoms with Crippen LogP contribution in [0, 0.1) is 0 Å². The molecule has 0 saturated carbocycles. The lowest BCUT2D eigenvalue weighted by Gasteiger charge is -2.25. The summed E-state index contributed by atoms with van der Waals surface area (Å²) < 4.78 is 23.9. The molecule has 3 rings (SSSR count). The number of hydroxylamine groups is 1. The average molecular weight is 501 g/mol. The molecule has 0 aliphatic heterocycles. The number of pyridine rings is 1. The Bertz CT molecular complexity index is 1380. The molecule has 188 valence electrons. The van der Waals surface area contributed by atoms with Gasteiger partial charge in [0.25, 0.3) is 11.5 Å². The molecule has 0 spiro atoms. The zero-order chi connectivity index (χ0) is 26.0. The molecule has 1 amide bonds. The minimum Gasteiger partial charge on any atom is -0.315 e. The van der Waals surface area contributed by atoms with Crippen molar-refractivity contribution >= 4 is 26.5 Å². The molecular weight excluding hydrogens is 468 g/mol. The average Bonchev–Trinajstić information content (AvgIpc) is 2.82. The first-order valence-corrected chi connectivity index (χ1v) is 13.0. The van der Waals surface area contributed by atoms with Crippen LogP contribution in [0.25, 0.3) is 21.9 Å². The number of nitrogens with zero attached hydrogens (tertiary/aromatic N) is 3. The molecule has 9 nitrogen and oxygen atoms in total. The third kappa shape index (κ3) is 5.62. The molecule has 0 fully saturated rings. The summed E-state index contributed by atoms with van der Waals surface area (Å²) in [6.45, 7) is 2.02. The van der Waals surface area contributed by atoms with Crippen LogP contribution in [-0.2, 0) is 27.7 Å². The van der Waals surface area contributed by atoms with E-state index in [0.29, 0.717) is 5.39 Å². The number of aromatic nitrogens is 1. The van der Waals surface area contributed by atoms with Gasteiger partial charge in [-0.15, -0.1) is 0 Å². The van der Waals surface area contributed by atoms with Crippen molar-refractivity contribution in [3.05, 3.63) is 70.6 Å². The molecule has 3 aromatic rings. The van der Waals surface area contributed by atoms with Gasteiger partial charge in [-0.2, -0.15) is 0 Å². The van der Waals surface area contributed by atoms with Gasteiger partial charge < -0.3 is 4.57 Å². The van der Waals surface area contributed by atoms with Gasteiger partial charge in [-0.3, -0.25) is 14.8 Å². The van der Waals surface area contributed by atoms with Crippen LogP contribution in [0.2, 0.25) is 0 Å². The Labute approximate surface area is 205 Å². The van der Waals surface area contributed by atoms with Crippen LogP contribution in [0.5, 0.6) is 0 Å². The van der Waals surface area contributed by atoms with Gasteiger partial charge in [0.05, 0.1) is 0 Å². The molecule has 1 heterocycles. The summed E-state index contributed by atoms with van der Waals surface area (Å²) >= 11 is 0. The Morgan fingerprint density at radius 1 is 1.06 bits per heavy atom. The molecule has 35 heavy (non-hydrogen) atoms. The Hall–Kier alpha value is -3.05. The predicted molar refractivity (Wildman–Crippen MR) is 137 cm³/mol. The first kappa shape index (κ1) is 26.6. The van der Waals surface area contributed by atoms with E-state index >= 15 is 0 Å². The molecule has 10 heteroatoms. The van der Waals surface area contributed by atoms with Gasteiger partial charge >= 0.3 is 0 Å². The van der Waals surface area contributed by atoms with E-state index in [1.54, 1.807) is 18.3 Å². The largest absolute Gasteiger partial charge is 0.315 e. The molecule has 0 saturated heterocycles. The second-order valence-corrected chi connectivity index (χ2v) is 11.6. The molecule has 0 aliphatic carbocycles. The van der Waals surface area contributed by atoms with Gasteiger partial charge in [0.1, 0.15) is 0 Å². The Morgan fingerprint density at radius 3 is 2.26 bits per heavy atom. The lowest BCUT2D eigenvalue weighted by molar-refractivity contribution is -0.131. The van der Waals surface area contributed by atoms with Gasteiger partial charge in [0.15, 0.2) is 14.6 Å². The Kier molecular flexibility index (Phi) is 7.80. The highest BCUT2D eigenvalue weighted by molar-refractivity contribution is 7.92. The molecule has 0 bridgehead atoms. The second-order valence-electron chi connectivity index (χ2n) is 9.17. The van der Waals surface area contributed by atoms with Crippen LogP contribution in [0.4, 0.5) is 0 Å². The molecule has 0 radical (unpaired) electrons. The van der Waals surface area contributed by atoms with Gasteiger partial charge in [-0.25, -0.2) is 23.9 Å². The summed E-state index contributed by atoms with van der Waals surface area (Å²) in [6, 6.07) is 15.7. The number of carbonyl (C=O) groups is 1. The molecule has 2 aromatic carbocycles. The predicted octanol–water partition coefficient (Wildman–Crippen LogP) is 2.28. The summed E-state index contributed by atoms with van der Waals surface area (Å²) in [7, 11) is 2.16. The smallest absolute Gasteiger partial charge is 0.264 e. The highest BCUT2D eigenvalue weighted by Gasteiger charge is 2.43. The monoisotopic (exact) mass is 500 g/mol. The van der Waals surface area contributed by atoms with E-state index in [1.165, 1.54) is 22.5 Å². The van der Waals surface area contributed by atoms with Crippen molar-refractivity contribution in [3.63, 3.8) is 0 Å². The van der Waals surface area contributed by atoms with Crippen LogP contribution in [-0.4, -0.2) is 66.3 Å². The number of carbonyl (C=O) groups excluding carboxylic acids is 1. The fourth-order valence-electron chi connectivity index (χ4n) is 3.77. The van der Waals surface area contributed by atoms with Crippen molar-refractivity contribution in [3.8, 4) is 11.1 Å². The zero-order valence-electron chi connectivity index (χ0n) is 20.6. The van der Waals surface area contributed by atoms with Crippen molar-refractivity contribution in [2.24, 2.45) is 0 Å². The fraction of sp³-hybridized carbons (Fsp3) is 0.360. The van der Waals surface area contributed by atoms with Crippen LogP contribution < -0.4 is 11.0 Å². The van der Waals surface area contributed by atoms with E-state index < -0.39 is 20.5 Å². The van der Waals surface area contributed by atoms with Crippen LogP contribution in [0.15, 0.2) is 59.5 Å². The lowest BCUT2D eigenvalue weighted by atomic mass is 10.0. The normalized spacial score (nSPS) is 13.8. The fourth-order valence-corrected chi connectivity index (χ4v) is 4.62. The minimum absolute atomic E-state index is 0.00360. The summed E-state index contributed by atoms with van der Waals surface area (Å²) in [6.07, 6.45) is 2.35. The highest BCUT2D eigenvalue weighted by Crippen LogP contribution is 2.25. The van der Waals surface area contributed by atoms with Gasteiger partial charge in [-0.05, 0) is 53.6 Å². The number of aryl methyl sites for hydroxylation is 1. The Balaban J connectivity index is 1.85. The van der Waals surface area contributed by atoms with Gasteiger partial charge in [0, 0.05) is 52.1 Å². The van der Waals surface area contributed by atoms with E-state index in [-0.39, 0.29) is 18.5 Å². The van der Waals surface area contributed by atoms with Crippen molar-refractivity contribution in [1.82, 2.24) is 20.1 Å². The van der Waals surface area contributed by atoms with Crippen molar-refractivity contribution < 1.29 is 18.4 Å². The van der Waals surface area contributed by atoms with Crippen LogP contribution in [0.3, 0.4) is 0 Å². The summed E-state index contributed by atoms with van der Waals surface area (Å²) in [5.41, 5.74) is 4.34. The Morgan fingerprint density at radius 2 is 1.69 bits per heavy atom. The van der Waals surface area contributed by atoms with E-state index in [1.807, 2.05) is 38.3 Å². The number of fused-ring (bicyclic) bond motifs is 1. The number of benzene rings is 2. The summed E-state index contributed by atoms with van der Waals surface area (Å²) in [5, 5.41) is 14.4. The summed E-state index contributed by atoms with van der Waals surface area (Å²) in [5.74, 6) is -1.03. The first-order chi connectivity index (χ1) is 16.4. The van der Waals surface area contributed by atoms with E-state index in [4.69, 9.17) is 5.21 Å². The maximum Gasteiger partial charge on any atom is 0.264 e. The second kappa shape index (κ2) is 10.3. The topological polar surface area (TPSA) is 112 Å². The molecule has 0 unspecified atom stereocenters. The molecular formula is C25H32N4O5S. The van der Waals surface area contributed by atoms with Gasteiger partial charge in [-0.1, -0.05) is 30.3 Å². The summed E-state index contributed by atoms with van der Waals surface area (Å²) in [4.78, 5) is 25.1. The van der Waals surface area contributed by atoms with E-state index in [9.17, 15) is 18.0 Å². The SMILES string of the molecule is CN(C)N(C)Cc1ccc(-c2ccc3c(=O)n(CC[C@@](C)(C(=O)NO)S(C)(=O)=O)ccc3c2)cc1. The van der Waals surface area contributed by atoms with Crippen molar-refractivity contribution in [1.29, 1.82) is 0 Å². The maximum absolute atomic E-state index is 13.0. The highest BCUT2D eigenvalue weighted by atomic mass is 32.2. The molecule has 0 aliphatic rings. The number of hydrogen-bond donors (Lipinski definition) is 2. The number of amides is 1. The van der Waals surface area contributed by atoms with Crippen molar-refractivity contribution in [2.45, 2.75) is 31.2 Å². The molecule has 1 aromatic heterocycles. The number of nitrogens with one attached hydrogen (secondary N) is 1. The third-order valence-corrected chi connectivity index (χ3v) is 8.61. The number of sulfone groups is 1. The van der Waals surface area contributed by atoms with Crippen LogP contribution in [0.1, 0.15) is 18.9 Å². The zero-order valence-corrected chi connectivity index (χ0v) is 21.5. The quantitative estimate of drug-likeness (QED) is 0.342. The molecule has 1 atom stereocenters. The maximum atomic E-state index is 13.0. The van der Waals surface area contributed by atoms with E-state index in [0.717, 1.165) is 29.3 Å². The van der Waals surface area contributed by atoms with E-state index in [2.05, 4.69) is 29.3 Å². The van der Waals surface area contributed by atoms with Crippen LogP contribution >= 0.6 is 0 Å². The minimum atomic E-state index is -3.84. The number of hydrazine groups is 1. The third-order valence-electron chi connectivity index (χ3n) is 6.59. The molecule has 2 N–H and O–H groups in total. The number of rotatable bonds is 9. The lowest BCUT2D eigenvalue weighted by Crippen LogP contribution is -2.49.